The van der Waals surface area contributed by atoms with Crippen LogP contribution in [0.3, 0.4) is 0 Å². The molecule has 2 atom stereocenters. The van der Waals surface area contributed by atoms with E-state index in [-0.39, 0.29) is 5.88 Å². The Morgan fingerprint density at radius 3 is 1.91 bits per heavy atom. The molecule has 11 heavy (non-hydrogen) atoms. The van der Waals surface area contributed by atoms with E-state index in [9.17, 15) is 4.57 Å². The van der Waals surface area contributed by atoms with E-state index in [0.29, 0.717) is 6.04 Å². The molecule has 0 amide bonds. The maximum atomic E-state index is 9.78. The van der Waals surface area contributed by atoms with Crippen LogP contribution >= 0.6 is 19.6 Å². The van der Waals surface area contributed by atoms with E-state index in [1.807, 2.05) is 13.8 Å². The minimum Gasteiger partial charge on any atom is -0.382 e. The van der Waals surface area contributed by atoms with Crippen LogP contribution < -0.4 is 5.73 Å². The first-order chi connectivity index (χ1) is 4.91. The maximum Gasteiger partial charge on any atom is 0.217 e. The van der Waals surface area contributed by atoms with Crippen molar-refractivity contribution >= 4 is 19.6 Å². The van der Waals surface area contributed by atoms with Crippen LogP contribution in [-0.4, -0.2) is 27.8 Å². The number of aliphatic hydroxyl groups excluding tert-OH is 1. The lowest BCUT2D eigenvalue weighted by atomic mass is 10.5. The van der Waals surface area contributed by atoms with Crippen molar-refractivity contribution in [3.8, 4) is 0 Å². The highest BCUT2D eigenvalue weighted by molar-refractivity contribution is 7.38. The molecule has 0 aliphatic heterocycles. The highest BCUT2D eigenvalue weighted by Crippen LogP contribution is 2.19. The Balaban J connectivity index is 0. The van der Waals surface area contributed by atoms with Crippen LogP contribution in [-0.2, 0) is 4.57 Å². The molecule has 4 N–H and O–H groups in total. The van der Waals surface area contributed by atoms with Crippen LogP contribution in [0.4, 0.5) is 0 Å². The number of nitrogens with two attached hydrogens (primary N) is 1. The van der Waals surface area contributed by atoms with Crippen LogP contribution in [0.2, 0.25) is 0 Å². The summed E-state index contributed by atoms with van der Waals surface area (Å²) in [6.45, 7) is 3.89. The van der Waals surface area contributed by atoms with Gasteiger partial charge in [-0.15, -0.1) is 11.6 Å². The summed E-state index contributed by atoms with van der Waals surface area (Å²) < 4.78 is 9.78. The Hall–Kier alpha value is 0.400. The van der Waals surface area contributed by atoms with Gasteiger partial charge in [-0.3, -0.25) is 4.57 Å². The Labute approximate surface area is 72.2 Å². The van der Waals surface area contributed by atoms with E-state index in [2.05, 4.69) is 0 Å². The van der Waals surface area contributed by atoms with Gasteiger partial charge in [-0.1, -0.05) is 13.8 Å². The first-order valence-corrected chi connectivity index (χ1v) is 5.11. The van der Waals surface area contributed by atoms with Gasteiger partial charge in [0.15, 0.2) is 0 Å². The molecule has 0 fully saturated rings. The van der Waals surface area contributed by atoms with Crippen LogP contribution in [0.1, 0.15) is 13.8 Å². The standard InChI is InChI=1S/C3H9N.C2H6ClO3P/c1-3(2)4;3-1-2(4)7(5)6/h3H,4H2,1-2H3;2,4,7H,1H2,(H,5,6). The molecule has 4 nitrogen and oxygen atoms in total. The van der Waals surface area contributed by atoms with Crippen LogP contribution in [0.15, 0.2) is 0 Å². The summed E-state index contributed by atoms with van der Waals surface area (Å²) in [4.78, 5) is 8.03. The number of aliphatic hydroxyl groups is 1. The van der Waals surface area contributed by atoms with E-state index in [0.717, 1.165) is 0 Å². The van der Waals surface area contributed by atoms with Crippen molar-refractivity contribution in [1.29, 1.82) is 0 Å². The largest absolute Gasteiger partial charge is 0.382 e. The average Bonchev–Trinajstić information content (AvgIpc) is 1.85. The van der Waals surface area contributed by atoms with Gasteiger partial charge in [0.1, 0.15) is 5.85 Å². The smallest absolute Gasteiger partial charge is 0.217 e. The summed E-state index contributed by atoms with van der Waals surface area (Å²) in [5.74, 6) is -1.40. The zero-order chi connectivity index (χ0) is 9.44. The van der Waals surface area contributed by atoms with Gasteiger partial charge in [-0.25, -0.2) is 0 Å². The third kappa shape index (κ3) is 17.9. The quantitative estimate of drug-likeness (QED) is 0.447. The third-order valence-corrected chi connectivity index (χ3v) is 1.76. The van der Waals surface area contributed by atoms with Crippen LogP contribution in [0.5, 0.6) is 0 Å². The minimum absolute atomic E-state index is 0.172. The highest BCUT2D eigenvalue weighted by Gasteiger charge is 2.05. The van der Waals surface area contributed by atoms with Crippen molar-refractivity contribution in [3.05, 3.63) is 0 Å². The summed E-state index contributed by atoms with van der Waals surface area (Å²) in [6.07, 6.45) is 0. The summed E-state index contributed by atoms with van der Waals surface area (Å²) in [7, 11) is -2.79. The Bertz CT molecular complexity index is 109. The molecule has 0 saturated heterocycles. The normalized spacial score (nSPS) is 15.2. The zero-order valence-corrected chi connectivity index (χ0v) is 8.38. The molecule has 0 heterocycles. The number of hydrogen-bond donors (Lipinski definition) is 3. The van der Waals surface area contributed by atoms with E-state index < -0.39 is 13.9 Å². The molecule has 0 aromatic rings. The predicted octanol–water partition coefficient (Wildman–Crippen LogP) is 0.364. The number of halogens is 1. The molecule has 6 heteroatoms. The lowest BCUT2D eigenvalue weighted by Gasteiger charge is -1.96. The van der Waals surface area contributed by atoms with E-state index in [1.165, 1.54) is 0 Å². The van der Waals surface area contributed by atoms with Gasteiger partial charge in [-0.05, 0) is 6.04 Å². The van der Waals surface area contributed by atoms with Crippen molar-refractivity contribution in [3.63, 3.8) is 0 Å². The van der Waals surface area contributed by atoms with Crippen LogP contribution in [0.25, 0.3) is 0 Å². The number of rotatable bonds is 2. The number of alkyl halides is 1. The topological polar surface area (TPSA) is 83.6 Å². The molecule has 0 rings (SSSR count). The van der Waals surface area contributed by atoms with Crippen molar-refractivity contribution in [1.82, 2.24) is 0 Å². The molecule has 0 saturated carbocycles. The Kier molecular flexibility index (Phi) is 10.8. The van der Waals surface area contributed by atoms with Crippen molar-refractivity contribution in [2.75, 3.05) is 5.88 Å². The lowest BCUT2D eigenvalue weighted by Crippen LogP contribution is -2.06. The molecule has 0 aliphatic rings. The van der Waals surface area contributed by atoms with E-state index >= 15 is 0 Å². The van der Waals surface area contributed by atoms with E-state index in [1.54, 1.807) is 0 Å². The van der Waals surface area contributed by atoms with Gasteiger partial charge in [0.2, 0.25) is 8.03 Å². The van der Waals surface area contributed by atoms with Gasteiger partial charge in [-0.2, -0.15) is 0 Å². The van der Waals surface area contributed by atoms with Crippen molar-refractivity contribution in [2.24, 2.45) is 5.73 Å². The average molecular weight is 204 g/mol. The molecule has 0 aliphatic carbocycles. The second-order valence-electron chi connectivity index (χ2n) is 2.25. The fraction of sp³-hybridized carbons (Fsp3) is 1.00. The second kappa shape index (κ2) is 8.50. The number of hydrogen-bond acceptors (Lipinski definition) is 3. The summed E-state index contributed by atoms with van der Waals surface area (Å²) in [5.41, 5.74) is 5.11. The molecule has 0 aromatic carbocycles. The van der Waals surface area contributed by atoms with Crippen molar-refractivity contribution in [2.45, 2.75) is 25.7 Å². The molecule has 0 aromatic heterocycles. The molecule has 0 bridgehead atoms. The van der Waals surface area contributed by atoms with Crippen LogP contribution in [0, 0.1) is 0 Å². The van der Waals surface area contributed by atoms with Gasteiger partial charge < -0.3 is 15.7 Å². The SMILES string of the molecule is CC(C)N.O=[PH](O)C(O)CCl. The minimum atomic E-state index is -2.79. The molecular weight excluding hydrogens is 188 g/mol. The van der Waals surface area contributed by atoms with E-state index in [4.69, 9.17) is 27.3 Å². The molecule has 70 valence electrons. The monoisotopic (exact) mass is 203 g/mol. The molecule has 2 unspecified atom stereocenters. The first-order valence-electron chi connectivity index (χ1n) is 3.14. The third-order valence-electron chi connectivity index (χ3n) is 0.431. The van der Waals surface area contributed by atoms with Gasteiger partial charge in [0.25, 0.3) is 0 Å². The molecule has 0 spiro atoms. The predicted molar refractivity (Wildman–Crippen MR) is 47.3 cm³/mol. The van der Waals surface area contributed by atoms with Gasteiger partial charge in [0, 0.05) is 0 Å². The molecule has 0 radical (unpaired) electrons. The second-order valence-corrected chi connectivity index (χ2v) is 3.90. The fourth-order valence-corrected chi connectivity index (χ4v) is 0.594. The fourth-order valence-electron chi connectivity index (χ4n) is 0.0660. The van der Waals surface area contributed by atoms with Crippen molar-refractivity contribution < 1.29 is 14.6 Å². The molecular formula is C5H15ClNO3P. The van der Waals surface area contributed by atoms with Gasteiger partial charge >= 0.3 is 0 Å². The maximum absolute atomic E-state index is 9.78. The zero-order valence-electron chi connectivity index (χ0n) is 6.62. The summed E-state index contributed by atoms with van der Waals surface area (Å²) >= 11 is 4.96. The highest BCUT2D eigenvalue weighted by atomic mass is 35.5. The Morgan fingerprint density at radius 1 is 1.64 bits per heavy atom. The first kappa shape index (κ1) is 14.0. The summed E-state index contributed by atoms with van der Waals surface area (Å²) in [6, 6.07) is 0.333. The summed E-state index contributed by atoms with van der Waals surface area (Å²) in [5, 5.41) is 8.29. The van der Waals surface area contributed by atoms with Gasteiger partial charge in [0.05, 0.1) is 5.88 Å². The lowest BCUT2D eigenvalue weighted by molar-refractivity contribution is 0.259. The Morgan fingerprint density at radius 2 is 1.91 bits per heavy atom.